The molecule has 4 heterocycles. The van der Waals surface area contributed by atoms with Crippen molar-refractivity contribution in [2.75, 3.05) is 18.0 Å². The fourth-order valence-corrected chi connectivity index (χ4v) is 4.84. The van der Waals surface area contributed by atoms with Crippen molar-refractivity contribution in [3.05, 3.63) is 83.2 Å². The Morgan fingerprint density at radius 1 is 0.848 bits per heavy atom. The van der Waals surface area contributed by atoms with E-state index >= 15 is 0 Å². The predicted molar refractivity (Wildman–Crippen MR) is 132 cm³/mol. The average molecular weight is 475 g/mol. The molecule has 2 aromatic carbocycles. The second-order valence-corrected chi connectivity index (χ2v) is 8.94. The molecule has 33 heavy (non-hydrogen) atoms. The van der Waals surface area contributed by atoms with Gasteiger partial charge in [0, 0.05) is 41.2 Å². The molecule has 0 atom stereocenters. The van der Waals surface area contributed by atoms with Crippen LogP contribution in [0.3, 0.4) is 0 Å². The summed E-state index contributed by atoms with van der Waals surface area (Å²) in [6.07, 6.45) is 6.20. The third-order valence-electron chi connectivity index (χ3n) is 6.07. The summed E-state index contributed by atoms with van der Waals surface area (Å²) in [5, 5.41) is 9.90. The van der Waals surface area contributed by atoms with E-state index < -0.39 is 0 Å². The standard InChI is InChI=1S/C25H20Cl2N6/c26-17-6-11-21(27)20(15-17)23-24(32-14-2-1-5-22(32)29-23)25-30-28-16-33(25)19-9-7-18(8-10-19)31-12-3-4-13-31/h1-2,5-11,14-16H,3-4,12-13H2. The Kier molecular flexibility index (Phi) is 5.04. The molecule has 0 spiro atoms. The summed E-state index contributed by atoms with van der Waals surface area (Å²) in [5.41, 5.74) is 5.27. The Balaban J connectivity index is 1.52. The molecule has 0 bridgehead atoms. The van der Waals surface area contributed by atoms with Gasteiger partial charge in [-0.1, -0.05) is 29.3 Å². The Bertz CT molecular complexity index is 1450. The third kappa shape index (κ3) is 3.56. The number of rotatable bonds is 4. The first-order valence-corrected chi connectivity index (χ1v) is 11.6. The summed E-state index contributed by atoms with van der Waals surface area (Å²) in [7, 11) is 0. The Labute approximate surface area is 201 Å². The maximum atomic E-state index is 6.57. The fraction of sp³-hybridized carbons (Fsp3) is 0.160. The first-order chi connectivity index (χ1) is 16.2. The lowest BCUT2D eigenvalue weighted by Gasteiger charge is -2.18. The zero-order valence-electron chi connectivity index (χ0n) is 17.7. The molecule has 1 saturated heterocycles. The summed E-state index contributed by atoms with van der Waals surface area (Å²) in [5.74, 6) is 0.675. The number of anilines is 1. The van der Waals surface area contributed by atoms with Gasteiger partial charge in [0.05, 0.1) is 5.02 Å². The normalized spacial score (nSPS) is 13.8. The maximum absolute atomic E-state index is 6.57. The van der Waals surface area contributed by atoms with Gasteiger partial charge in [0.2, 0.25) is 0 Å². The van der Waals surface area contributed by atoms with E-state index in [1.54, 1.807) is 18.5 Å². The van der Waals surface area contributed by atoms with E-state index in [4.69, 9.17) is 28.2 Å². The van der Waals surface area contributed by atoms with Crippen LogP contribution in [0.5, 0.6) is 0 Å². The van der Waals surface area contributed by atoms with E-state index in [1.807, 2.05) is 39.4 Å². The van der Waals surface area contributed by atoms with Gasteiger partial charge in [0.25, 0.3) is 0 Å². The van der Waals surface area contributed by atoms with Gasteiger partial charge >= 0.3 is 0 Å². The smallest absolute Gasteiger partial charge is 0.187 e. The SMILES string of the molecule is Clc1ccc(Cl)c(-c2nc3ccccn3c2-c2nncn2-c2ccc(N3CCCC3)cc2)c1. The Morgan fingerprint density at radius 3 is 2.45 bits per heavy atom. The van der Waals surface area contributed by atoms with Gasteiger partial charge in [-0.2, -0.15) is 0 Å². The summed E-state index contributed by atoms with van der Waals surface area (Å²) in [6, 6.07) is 19.8. The van der Waals surface area contributed by atoms with Gasteiger partial charge in [-0.05, 0) is 67.4 Å². The third-order valence-corrected chi connectivity index (χ3v) is 6.64. The number of fused-ring (bicyclic) bond motifs is 1. The minimum absolute atomic E-state index is 0.574. The van der Waals surface area contributed by atoms with Crippen LogP contribution in [0.4, 0.5) is 5.69 Å². The zero-order chi connectivity index (χ0) is 22.4. The number of benzene rings is 2. The van der Waals surface area contributed by atoms with Crippen molar-refractivity contribution >= 4 is 34.5 Å². The highest BCUT2D eigenvalue weighted by molar-refractivity contribution is 6.35. The predicted octanol–water partition coefficient (Wildman–Crippen LogP) is 6.16. The van der Waals surface area contributed by atoms with Gasteiger partial charge in [-0.25, -0.2) is 4.98 Å². The van der Waals surface area contributed by atoms with Crippen LogP contribution in [-0.2, 0) is 0 Å². The van der Waals surface area contributed by atoms with Gasteiger partial charge < -0.3 is 4.90 Å². The van der Waals surface area contributed by atoms with Crippen molar-refractivity contribution < 1.29 is 0 Å². The molecule has 1 aliphatic rings. The molecule has 0 aliphatic carbocycles. The highest BCUT2D eigenvalue weighted by atomic mass is 35.5. The van der Waals surface area contributed by atoms with Crippen LogP contribution in [0.1, 0.15) is 12.8 Å². The minimum atomic E-state index is 0.574. The molecule has 5 aromatic rings. The second kappa shape index (κ2) is 8.21. The van der Waals surface area contributed by atoms with Crippen molar-refractivity contribution in [2.45, 2.75) is 12.8 Å². The second-order valence-electron chi connectivity index (χ2n) is 8.10. The van der Waals surface area contributed by atoms with E-state index in [0.717, 1.165) is 35.7 Å². The van der Waals surface area contributed by atoms with Crippen molar-refractivity contribution in [1.82, 2.24) is 24.1 Å². The molecule has 0 saturated carbocycles. The number of imidazole rings is 1. The Morgan fingerprint density at radius 2 is 1.64 bits per heavy atom. The first-order valence-electron chi connectivity index (χ1n) is 10.9. The van der Waals surface area contributed by atoms with E-state index in [-0.39, 0.29) is 0 Å². The molecule has 6 nitrogen and oxygen atoms in total. The van der Waals surface area contributed by atoms with E-state index in [9.17, 15) is 0 Å². The first kappa shape index (κ1) is 20.3. The molecule has 164 valence electrons. The summed E-state index contributed by atoms with van der Waals surface area (Å²) < 4.78 is 3.98. The highest BCUT2D eigenvalue weighted by Gasteiger charge is 2.23. The highest BCUT2D eigenvalue weighted by Crippen LogP contribution is 2.37. The molecule has 8 heteroatoms. The number of aromatic nitrogens is 5. The van der Waals surface area contributed by atoms with Crippen LogP contribution in [0.2, 0.25) is 10.0 Å². The fourth-order valence-electron chi connectivity index (χ4n) is 4.46. The van der Waals surface area contributed by atoms with Crippen LogP contribution >= 0.6 is 23.2 Å². The number of hydrogen-bond donors (Lipinski definition) is 0. The topological polar surface area (TPSA) is 51.2 Å². The lowest BCUT2D eigenvalue weighted by atomic mass is 10.1. The van der Waals surface area contributed by atoms with E-state index in [0.29, 0.717) is 21.6 Å². The van der Waals surface area contributed by atoms with Crippen molar-refractivity contribution in [1.29, 1.82) is 0 Å². The van der Waals surface area contributed by atoms with Crippen LogP contribution in [0.15, 0.2) is 73.2 Å². The number of pyridine rings is 1. The summed E-state index contributed by atoms with van der Waals surface area (Å²) in [4.78, 5) is 7.29. The van der Waals surface area contributed by atoms with Gasteiger partial charge in [-0.3, -0.25) is 8.97 Å². The molecule has 0 amide bonds. The van der Waals surface area contributed by atoms with Crippen LogP contribution in [0.25, 0.3) is 34.1 Å². The minimum Gasteiger partial charge on any atom is -0.372 e. The van der Waals surface area contributed by atoms with Crippen molar-refractivity contribution in [3.8, 4) is 28.5 Å². The van der Waals surface area contributed by atoms with Gasteiger partial charge in [0.15, 0.2) is 5.82 Å². The largest absolute Gasteiger partial charge is 0.372 e. The number of halogens is 2. The van der Waals surface area contributed by atoms with E-state index in [1.165, 1.54) is 18.5 Å². The summed E-state index contributed by atoms with van der Waals surface area (Å²) in [6.45, 7) is 2.23. The summed E-state index contributed by atoms with van der Waals surface area (Å²) >= 11 is 12.9. The molecule has 1 aliphatic heterocycles. The molecule has 0 unspecified atom stereocenters. The molecule has 6 rings (SSSR count). The lowest BCUT2D eigenvalue weighted by molar-refractivity contribution is 0.949. The quantitative estimate of drug-likeness (QED) is 0.313. The van der Waals surface area contributed by atoms with Crippen molar-refractivity contribution in [2.24, 2.45) is 0 Å². The molecular weight excluding hydrogens is 455 g/mol. The van der Waals surface area contributed by atoms with Crippen molar-refractivity contribution in [3.63, 3.8) is 0 Å². The van der Waals surface area contributed by atoms with Gasteiger partial charge in [0.1, 0.15) is 23.4 Å². The molecule has 3 aromatic heterocycles. The van der Waals surface area contributed by atoms with Gasteiger partial charge in [-0.15, -0.1) is 10.2 Å². The van der Waals surface area contributed by atoms with Crippen LogP contribution in [0, 0.1) is 0 Å². The molecule has 0 N–H and O–H groups in total. The molecule has 0 radical (unpaired) electrons. The van der Waals surface area contributed by atoms with Crippen LogP contribution < -0.4 is 4.90 Å². The molecule has 1 fully saturated rings. The zero-order valence-corrected chi connectivity index (χ0v) is 19.2. The number of nitrogens with zero attached hydrogens (tertiary/aromatic N) is 6. The maximum Gasteiger partial charge on any atom is 0.187 e. The van der Waals surface area contributed by atoms with Crippen LogP contribution in [-0.4, -0.2) is 37.2 Å². The average Bonchev–Trinajstić information content (AvgIpc) is 3.60. The lowest BCUT2D eigenvalue weighted by Crippen LogP contribution is -2.17. The molecular formula is C25H20Cl2N6. The number of hydrogen-bond acceptors (Lipinski definition) is 4. The monoisotopic (exact) mass is 474 g/mol. The Hall–Kier alpha value is -3.35. The van der Waals surface area contributed by atoms with E-state index in [2.05, 4.69) is 39.4 Å².